The Hall–Kier alpha value is -1.78. The maximum absolute atomic E-state index is 10.5. The number of benzene rings is 1. The Morgan fingerprint density at radius 2 is 1.90 bits per heavy atom. The Morgan fingerprint density at radius 3 is 2.43 bits per heavy atom. The van der Waals surface area contributed by atoms with Gasteiger partial charge in [-0.2, -0.15) is 0 Å². The van der Waals surface area contributed by atoms with Crippen LogP contribution < -0.4 is 10.2 Å². The van der Waals surface area contributed by atoms with Crippen molar-refractivity contribution in [2.75, 3.05) is 19.0 Å². The quantitative estimate of drug-likeness (QED) is 0.822. The zero-order chi connectivity index (χ0) is 15.2. The molecule has 0 bridgehead atoms. The van der Waals surface area contributed by atoms with E-state index in [-0.39, 0.29) is 6.04 Å². The van der Waals surface area contributed by atoms with E-state index in [9.17, 15) is 5.11 Å². The molecule has 2 rings (SSSR count). The van der Waals surface area contributed by atoms with Gasteiger partial charge in [0.1, 0.15) is 5.76 Å². The first-order valence-corrected chi connectivity index (χ1v) is 7.33. The number of aliphatic hydroxyl groups excluding tert-OH is 1. The lowest BCUT2D eigenvalue weighted by Gasteiger charge is -2.23. The molecule has 0 saturated carbocycles. The summed E-state index contributed by atoms with van der Waals surface area (Å²) < 4.78 is 5.31. The maximum Gasteiger partial charge on any atom is 0.117 e. The lowest BCUT2D eigenvalue weighted by Crippen LogP contribution is -2.33. The van der Waals surface area contributed by atoms with Gasteiger partial charge >= 0.3 is 0 Å². The van der Waals surface area contributed by atoms with E-state index in [1.54, 1.807) is 6.26 Å². The summed E-state index contributed by atoms with van der Waals surface area (Å²) in [5.41, 5.74) is 2.06. The highest BCUT2D eigenvalue weighted by atomic mass is 16.3. The third-order valence-electron chi connectivity index (χ3n) is 3.69. The van der Waals surface area contributed by atoms with Crippen LogP contribution in [0.3, 0.4) is 0 Å². The summed E-state index contributed by atoms with van der Waals surface area (Å²) in [4.78, 5) is 2.04. The van der Waals surface area contributed by atoms with E-state index in [0.29, 0.717) is 6.54 Å². The van der Waals surface area contributed by atoms with E-state index < -0.39 is 6.10 Å². The van der Waals surface area contributed by atoms with Crippen molar-refractivity contribution in [1.82, 2.24) is 5.32 Å². The monoisotopic (exact) mass is 288 g/mol. The van der Waals surface area contributed by atoms with Crippen molar-refractivity contribution in [2.24, 2.45) is 0 Å². The van der Waals surface area contributed by atoms with E-state index >= 15 is 0 Å². The zero-order valence-corrected chi connectivity index (χ0v) is 12.9. The number of anilines is 1. The van der Waals surface area contributed by atoms with E-state index in [2.05, 4.69) is 12.2 Å². The summed E-state index contributed by atoms with van der Waals surface area (Å²) in [5, 5.41) is 13.9. The van der Waals surface area contributed by atoms with Gasteiger partial charge in [-0.25, -0.2) is 0 Å². The van der Waals surface area contributed by atoms with Gasteiger partial charge < -0.3 is 19.7 Å². The minimum absolute atomic E-state index is 0.000283. The third kappa shape index (κ3) is 4.09. The molecule has 4 heteroatoms. The summed E-state index contributed by atoms with van der Waals surface area (Å²) in [6.45, 7) is 2.69. The molecule has 0 aliphatic rings. The minimum atomic E-state index is -0.527. The average Bonchev–Trinajstić information content (AvgIpc) is 3.01. The highest BCUT2D eigenvalue weighted by Gasteiger charge is 2.19. The van der Waals surface area contributed by atoms with Crippen molar-refractivity contribution in [2.45, 2.75) is 32.0 Å². The minimum Gasteiger partial charge on any atom is -0.468 e. The normalized spacial score (nSPS) is 13.9. The molecule has 1 heterocycles. The summed E-state index contributed by atoms with van der Waals surface area (Å²) >= 11 is 0. The molecule has 0 aliphatic heterocycles. The number of furan rings is 1. The number of nitrogens with one attached hydrogen (secondary N) is 1. The lowest BCUT2D eigenvalue weighted by molar-refractivity contribution is 0.124. The molecule has 2 N–H and O–H groups in total. The second-order valence-corrected chi connectivity index (χ2v) is 5.41. The van der Waals surface area contributed by atoms with Crippen LogP contribution in [-0.4, -0.2) is 25.2 Å². The third-order valence-corrected chi connectivity index (χ3v) is 3.69. The summed E-state index contributed by atoms with van der Waals surface area (Å²) in [6, 6.07) is 11.8. The molecule has 0 saturated heterocycles. The molecule has 114 valence electrons. The molecule has 0 spiro atoms. The first kappa shape index (κ1) is 15.6. The van der Waals surface area contributed by atoms with Crippen LogP contribution >= 0.6 is 0 Å². The van der Waals surface area contributed by atoms with Gasteiger partial charge in [0, 0.05) is 25.8 Å². The van der Waals surface area contributed by atoms with Gasteiger partial charge in [-0.15, -0.1) is 0 Å². The smallest absolute Gasteiger partial charge is 0.117 e. The molecule has 1 aromatic heterocycles. The van der Waals surface area contributed by atoms with Gasteiger partial charge in [0.25, 0.3) is 0 Å². The van der Waals surface area contributed by atoms with Crippen molar-refractivity contribution in [3.05, 3.63) is 54.0 Å². The molecular weight excluding hydrogens is 264 g/mol. The molecule has 0 amide bonds. The number of nitrogens with zero attached hydrogens (tertiary/aromatic N) is 1. The lowest BCUT2D eigenvalue weighted by atomic mass is 10.00. The van der Waals surface area contributed by atoms with Crippen molar-refractivity contribution < 1.29 is 9.52 Å². The van der Waals surface area contributed by atoms with E-state index in [1.165, 1.54) is 0 Å². The first-order valence-electron chi connectivity index (χ1n) is 7.33. The van der Waals surface area contributed by atoms with Crippen molar-refractivity contribution in [1.29, 1.82) is 0 Å². The Labute approximate surface area is 126 Å². The van der Waals surface area contributed by atoms with Crippen LogP contribution in [0.1, 0.15) is 30.8 Å². The summed E-state index contributed by atoms with van der Waals surface area (Å²) in [7, 11) is 4.01. The SMILES string of the molecule is CCC(NCc1ccco1)C(O)c1ccc(N(C)C)cc1. The van der Waals surface area contributed by atoms with Crippen molar-refractivity contribution >= 4 is 5.69 Å². The number of rotatable bonds is 7. The summed E-state index contributed by atoms with van der Waals surface area (Å²) in [5.74, 6) is 0.878. The van der Waals surface area contributed by atoms with Gasteiger partial charge in [0.05, 0.1) is 18.9 Å². The topological polar surface area (TPSA) is 48.6 Å². The predicted octanol–water partition coefficient (Wildman–Crippen LogP) is 2.95. The standard InChI is InChI=1S/C17H24N2O2/c1-4-16(18-12-15-6-5-11-21-15)17(20)13-7-9-14(10-8-13)19(2)3/h5-11,16-18,20H,4,12H2,1-3H3. The van der Waals surface area contributed by atoms with E-state index in [0.717, 1.165) is 23.4 Å². The zero-order valence-electron chi connectivity index (χ0n) is 12.9. The van der Waals surface area contributed by atoms with Crippen LogP contribution in [0.15, 0.2) is 47.1 Å². The molecule has 0 aliphatic carbocycles. The number of hydrogen-bond acceptors (Lipinski definition) is 4. The second-order valence-electron chi connectivity index (χ2n) is 5.41. The highest BCUT2D eigenvalue weighted by Crippen LogP contribution is 2.22. The van der Waals surface area contributed by atoms with Gasteiger partial charge in [-0.05, 0) is 36.2 Å². The van der Waals surface area contributed by atoms with Crippen LogP contribution in [0.5, 0.6) is 0 Å². The molecule has 2 unspecified atom stereocenters. The van der Waals surface area contributed by atoms with Gasteiger partial charge in [0.15, 0.2) is 0 Å². The molecule has 2 aromatic rings. The molecule has 0 radical (unpaired) electrons. The summed E-state index contributed by atoms with van der Waals surface area (Å²) in [6.07, 6.45) is 1.98. The predicted molar refractivity (Wildman–Crippen MR) is 85.4 cm³/mol. The van der Waals surface area contributed by atoms with Crippen LogP contribution in [0.25, 0.3) is 0 Å². The van der Waals surface area contributed by atoms with Gasteiger partial charge in [-0.3, -0.25) is 0 Å². The van der Waals surface area contributed by atoms with Crippen LogP contribution in [0, 0.1) is 0 Å². The highest BCUT2D eigenvalue weighted by molar-refractivity contribution is 5.46. The Kier molecular flexibility index (Phi) is 5.42. The first-order chi connectivity index (χ1) is 10.1. The number of aliphatic hydroxyl groups is 1. The van der Waals surface area contributed by atoms with Crippen LogP contribution in [0.4, 0.5) is 5.69 Å². The Morgan fingerprint density at radius 1 is 1.19 bits per heavy atom. The van der Waals surface area contributed by atoms with Crippen molar-refractivity contribution in [3.63, 3.8) is 0 Å². The second kappa shape index (κ2) is 7.29. The largest absolute Gasteiger partial charge is 0.468 e. The van der Waals surface area contributed by atoms with Crippen molar-refractivity contribution in [3.8, 4) is 0 Å². The molecule has 0 fully saturated rings. The molecule has 21 heavy (non-hydrogen) atoms. The average molecular weight is 288 g/mol. The Bertz CT molecular complexity index is 520. The van der Waals surface area contributed by atoms with Crippen LogP contribution in [0.2, 0.25) is 0 Å². The van der Waals surface area contributed by atoms with Gasteiger partial charge in [-0.1, -0.05) is 19.1 Å². The molecule has 4 nitrogen and oxygen atoms in total. The number of hydrogen-bond donors (Lipinski definition) is 2. The fourth-order valence-corrected chi connectivity index (χ4v) is 2.33. The van der Waals surface area contributed by atoms with Crippen LogP contribution in [-0.2, 0) is 6.54 Å². The molecule has 2 atom stereocenters. The van der Waals surface area contributed by atoms with E-state index in [4.69, 9.17) is 4.42 Å². The molecule has 1 aromatic carbocycles. The Balaban J connectivity index is 1.99. The fraction of sp³-hybridized carbons (Fsp3) is 0.412. The molecular formula is C17H24N2O2. The fourth-order valence-electron chi connectivity index (χ4n) is 2.33. The van der Waals surface area contributed by atoms with E-state index in [1.807, 2.05) is 55.4 Å². The maximum atomic E-state index is 10.5. The van der Waals surface area contributed by atoms with Gasteiger partial charge in [0.2, 0.25) is 0 Å².